The molecule has 0 saturated carbocycles. The van der Waals surface area contributed by atoms with Crippen molar-refractivity contribution >= 4 is 15.9 Å². The molecule has 0 N–H and O–H groups in total. The summed E-state index contributed by atoms with van der Waals surface area (Å²) < 4.78 is 13.2. The van der Waals surface area contributed by atoms with Gasteiger partial charge in [0.15, 0.2) is 0 Å². The number of ether oxygens (including phenoxy) is 1. The fraction of sp³-hybridized carbons (Fsp3) is 0.0833. The summed E-state index contributed by atoms with van der Waals surface area (Å²) in [4.78, 5) is 0. The highest BCUT2D eigenvalue weighted by molar-refractivity contribution is 9.10. The Bertz CT molecular complexity index is 882. The number of halogens is 1. The van der Waals surface area contributed by atoms with Crippen molar-refractivity contribution in [1.29, 1.82) is 0 Å². The van der Waals surface area contributed by atoms with Gasteiger partial charge in [-0.2, -0.15) is 0 Å². The normalized spacial score (nSPS) is 11.4. The van der Waals surface area contributed by atoms with Gasteiger partial charge >= 0.3 is 0 Å². The summed E-state index contributed by atoms with van der Waals surface area (Å²) in [5, 5.41) is 0. The van der Waals surface area contributed by atoms with E-state index in [9.17, 15) is 0 Å². The van der Waals surface area contributed by atoms with Crippen LogP contribution >= 0.6 is 15.9 Å². The molecule has 2 nitrogen and oxygen atoms in total. The van der Waals surface area contributed by atoms with E-state index in [4.69, 9.17) is 9.15 Å². The molecule has 0 atom stereocenters. The van der Waals surface area contributed by atoms with E-state index in [-0.39, 0.29) is 0 Å². The molecule has 27 heavy (non-hydrogen) atoms. The number of benzene rings is 3. The van der Waals surface area contributed by atoms with Gasteiger partial charge < -0.3 is 9.15 Å². The highest BCUT2D eigenvalue weighted by Gasteiger charge is 2.37. The van der Waals surface area contributed by atoms with Crippen molar-refractivity contribution in [2.75, 3.05) is 0 Å². The van der Waals surface area contributed by atoms with Crippen LogP contribution in [-0.4, -0.2) is 0 Å². The average Bonchev–Trinajstić information content (AvgIpc) is 3.16. The zero-order chi connectivity index (χ0) is 18.5. The molecule has 0 spiro atoms. The van der Waals surface area contributed by atoms with Crippen molar-refractivity contribution in [1.82, 2.24) is 0 Å². The molecule has 4 aromatic rings. The van der Waals surface area contributed by atoms with Crippen LogP contribution in [-0.2, 0) is 16.9 Å². The van der Waals surface area contributed by atoms with Crippen LogP contribution in [0.2, 0.25) is 0 Å². The van der Waals surface area contributed by atoms with Crippen molar-refractivity contribution < 1.29 is 9.15 Å². The van der Waals surface area contributed by atoms with Crippen molar-refractivity contribution in [3.63, 3.8) is 0 Å². The van der Waals surface area contributed by atoms with Gasteiger partial charge in [0.05, 0.1) is 10.7 Å². The minimum absolute atomic E-state index is 0.340. The molecular weight excluding hydrogens is 400 g/mol. The van der Waals surface area contributed by atoms with Crippen LogP contribution in [0.15, 0.2) is 112 Å². The second kappa shape index (κ2) is 7.95. The fourth-order valence-electron chi connectivity index (χ4n) is 3.37. The largest absolute Gasteiger partial charge is 0.466 e. The van der Waals surface area contributed by atoms with E-state index in [1.165, 1.54) is 0 Å². The molecule has 1 heterocycles. The summed E-state index contributed by atoms with van der Waals surface area (Å²) in [7, 11) is 0. The quantitative estimate of drug-likeness (QED) is 0.331. The lowest BCUT2D eigenvalue weighted by Crippen LogP contribution is -2.32. The van der Waals surface area contributed by atoms with Crippen LogP contribution in [0.5, 0.6) is 0 Å². The topological polar surface area (TPSA) is 22.4 Å². The van der Waals surface area contributed by atoms with Crippen LogP contribution in [0.1, 0.15) is 22.5 Å². The summed E-state index contributed by atoms with van der Waals surface area (Å²) in [6.45, 7) is 0.340. The zero-order valence-corrected chi connectivity index (χ0v) is 16.3. The maximum absolute atomic E-state index is 6.69. The first-order valence-electron chi connectivity index (χ1n) is 8.83. The molecule has 0 bridgehead atoms. The van der Waals surface area contributed by atoms with E-state index >= 15 is 0 Å². The third-order valence-electron chi connectivity index (χ3n) is 4.65. The molecule has 0 aliphatic rings. The lowest BCUT2D eigenvalue weighted by Gasteiger charge is -2.35. The zero-order valence-electron chi connectivity index (χ0n) is 14.7. The first kappa shape index (κ1) is 17.8. The summed E-state index contributed by atoms with van der Waals surface area (Å²) in [5.41, 5.74) is 2.48. The summed E-state index contributed by atoms with van der Waals surface area (Å²) in [6.07, 6.45) is 1.66. The molecule has 3 aromatic carbocycles. The minimum Gasteiger partial charge on any atom is -0.466 e. The van der Waals surface area contributed by atoms with E-state index in [0.29, 0.717) is 6.61 Å². The molecule has 0 aliphatic carbocycles. The molecule has 134 valence electrons. The van der Waals surface area contributed by atoms with E-state index in [1.54, 1.807) is 6.26 Å². The highest BCUT2D eigenvalue weighted by Crippen LogP contribution is 2.41. The number of hydrogen-bond donors (Lipinski definition) is 0. The highest BCUT2D eigenvalue weighted by atomic mass is 79.9. The van der Waals surface area contributed by atoms with Gasteiger partial charge in [0.2, 0.25) is 0 Å². The third kappa shape index (κ3) is 3.48. The molecule has 0 saturated heterocycles. The van der Waals surface area contributed by atoms with Crippen LogP contribution < -0.4 is 0 Å². The van der Waals surface area contributed by atoms with Crippen LogP contribution in [0.4, 0.5) is 0 Å². The Morgan fingerprint density at radius 1 is 0.667 bits per heavy atom. The molecular formula is C24H19BrO2. The Kier molecular flexibility index (Phi) is 5.23. The Labute approximate surface area is 167 Å². The lowest BCUT2D eigenvalue weighted by atomic mass is 9.80. The maximum atomic E-state index is 6.69. The lowest BCUT2D eigenvalue weighted by molar-refractivity contribution is -0.00825. The Morgan fingerprint density at radius 2 is 1.11 bits per heavy atom. The molecule has 0 amide bonds. The molecule has 4 rings (SSSR count). The third-order valence-corrected chi connectivity index (χ3v) is 5.36. The van der Waals surface area contributed by atoms with Crippen molar-refractivity contribution in [3.05, 3.63) is 130 Å². The molecule has 1 aromatic heterocycles. The molecule has 0 radical (unpaired) electrons. The summed E-state index contributed by atoms with van der Waals surface area (Å²) in [6, 6.07) is 32.9. The van der Waals surface area contributed by atoms with Gasteiger partial charge in [-0.1, -0.05) is 91.0 Å². The van der Waals surface area contributed by atoms with Gasteiger partial charge in [0.1, 0.15) is 18.0 Å². The smallest absolute Gasteiger partial charge is 0.144 e. The van der Waals surface area contributed by atoms with Crippen LogP contribution in [0.3, 0.4) is 0 Å². The van der Waals surface area contributed by atoms with Crippen molar-refractivity contribution in [2.24, 2.45) is 0 Å². The molecule has 0 unspecified atom stereocenters. The van der Waals surface area contributed by atoms with E-state index in [0.717, 1.165) is 26.9 Å². The maximum Gasteiger partial charge on any atom is 0.144 e. The standard InChI is InChI=1S/C24H19BrO2/c25-22-16-17-26-23(22)18-27-24(19-10-4-1-5-11-19,20-12-6-2-7-13-20)21-14-8-3-9-15-21/h1-17H,18H2. The van der Waals surface area contributed by atoms with E-state index in [2.05, 4.69) is 52.3 Å². The van der Waals surface area contributed by atoms with Crippen molar-refractivity contribution in [2.45, 2.75) is 12.2 Å². The van der Waals surface area contributed by atoms with E-state index in [1.807, 2.05) is 60.7 Å². The summed E-state index contributed by atoms with van der Waals surface area (Å²) >= 11 is 3.53. The first-order chi connectivity index (χ1) is 13.3. The van der Waals surface area contributed by atoms with Gasteiger partial charge in [0.25, 0.3) is 0 Å². The second-order valence-electron chi connectivity index (χ2n) is 6.26. The van der Waals surface area contributed by atoms with Crippen molar-refractivity contribution in [3.8, 4) is 0 Å². The molecule has 0 aliphatic heterocycles. The van der Waals surface area contributed by atoms with E-state index < -0.39 is 5.60 Å². The predicted molar refractivity (Wildman–Crippen MR) is 110 cm³/mol. The minimum atomic E-state index is -0.740. The fourth-order valence-corrected chi connectivity index (χ4v) is 3.69. The predicted octanol–water partition coefficient (Wildman–Crippen LogP) is 6.55. The summed E-state index contributed by atoms with van der Waals surface area (Å²) in [5.74, 6) is 0.766. The van der Waals surface area contributed by atoms with Gasteiger partial charge in [-0.15, -0.1) is 0 Å². The molecule has 3 heteroatoms. The van der Waals surface area contributed by atoms with Crippen LogP contribution in [0.25, 0.3) is 0 Å². The monoisotopic (exact) mass is 418 g/mol. The number of rotatable bonds is 6. The Balaban J connectivity index is 1.90. The van der Waals surface area contributed by atoms with Gasteiger partial charge in [-0.3, -0.25) is 0 Å². The Morgan fingerprint density at radius 3 is 1.48 bits per heavy atom. The van der Waals surface area contributed by atoms with Crippen LogP contribution in [0, 0.1) is 0 Å². The SMILES string of the molecule is Brc1ccoc1COC(c1ccccc1)(c1ccccc1)c1ccccc1. The van der Waals surface area contributed by atoms with Gasteiger partial charge in [0, 0.05) is 0 Å². The average molecular weight is 419 g/mol. The number of hydrogen-bond acceptors (Lipinski definition) is 2. The van der Waals surface area contributed by atoms with Gasteiger partial charge in [-0.05, 0) is 38.7 Å². The first-order valence-corrected chi connectivity index (χ1v) is 9.62. The Hall–Kier alpha value is -2.62. The van der Waals surface area contributed by atoms with Gasteiger partial charge in [-0.25, -0.2) is 0 Å². The molecule has 0 fully saturated rings. The number of furan rings is 1. The second-order valence-corrected chi connectivity index (χ2v) is 7.11.